The van der Waals surface area contributed by atoms with E-state index < -0.39 is 21.7 Å². The van der Waals surface area contributed by atoms with Crippen molar-refractivity contribution in [2.24, 2.45) is 0 Å². The number of amides is 1. The number of aryl methyl sites for hydroxylation is 1. The maximum Gasteiger partial charge on any atom is 0.246 e. The van der Waals surface area contributed by atoms with Crippen LogP contribution in [0.4, 0.5) is 10.1 Å². The van der Waals surface area contributed by atoms with Crippen LogP contribution in [0.25, 0.3) is 0 Å². The van der Waals surface area contributed by atoms with Gasteiger partial charge in [0.2, 0.25) is 15.9 Å². The zero-order chi connectivity index (χ0) is 20.5. The van der Waals surface area contributed by atoms with Gasteiger partial charge in [0.25, 0.3) is 0 Å². The molecule has 8 nitrogen and oxygen atoms in total. The number of anilines is 1. The molecule has 0 atom stereocenters. The van der Waals surface area contributed by atoms with Crippen LogP contribution >= 0.6 is 11.6 Å². The lowest BCUT2D eigenvalue weighted by molar-refractivity contribution is -0.116. The molecule has 1 N–H and O–H groups in total. The fourth-order valence-corrected chi connectivity index (χ4v) is 5.00. The molecule has 2 aromatic rings. The number of nitrogens with zero attached hydrogens (tertiary/aromatic N) is 3. The van der Waals surface area contributed by atoms with Crippen LogP contribution in [0.2, 0.25) is 5.02 Å². The minimum atomic E-state index is -3.73. The number of benzene rings is 1. The Morgan fingerprint density at radius 3 is 2.64 bits per heavy atom. The third kappa shape index (κ3) is 4.19. The Kier molecular flexibility index (Phi) is 6.04. The third-order valence-electron chi connectivity index (χ3n) is 4.38. The Hall–Kier alpha value is -2.01. The number of halogens is 2. The fourth-order valence-electron chi connectivity index (χ4n) is 3.03. The van der Waals surface area contributed by atoms with Gasteiger partial charge in [0.05, 0.1) is 29.6 Å². The number of hydrogen-bond donors (Lipinski definition) is 1. The van der Waals surface area contributed by atoms with E-state index in [1.807, 2.05) is 0 Å². The van der Waals surface area contributed by atoms with Crippen molar-refractivity contribution < 1.29 is 22.3 Å². The van der Waals surface area contributed by atoms with Crippen LogP contribution in [0.5, 0.6) is 0 Å². The van der Waals surface area contributed by atoms with Crippen LogP contribution in [-0.2, 0) is 26.1 Å². The molecule has 11 heteroatoms. The molecule has 1 aliphatic rings. The molecular weight excluding hydrogens is 411 g/mol. The highest BCUT2D eigenvalue weighted by molar-refractivity contribution is 7.89. The van der Waals surface area contributed by atoms with Crippen molar-refractivity contribution in [3.05, 3.63) is 40.4 Å². The van der Waals surface area contributed by atoms with Crippen molar-refractivity contribution in [2.75, 3.05) is 31.6 Å². The molecule has 0 bridgehead atoms. The molecule has 152 valence electrons. The molecule has 1 aliphatic heterocycles. The van der Waals surface area contributed by atoms with E-state index in [-0.39, 0.29) is 29.6 Å². The second-order valence-electron chi connectivity index (χ2n) is 6.35. The molecule has 2 heterocycles. The fraction of sp³-hybridized carbons (Fsp3) is 0.412. The Bertz CT molecular complexity index is 1000. The quantitative estimate of drug-likeness (QED) is 0.782. The van der Waals surface area contributed by atoms with Gasteiger partial charge in [0, 0.05) is 18.8 Å². The molecule has 1 aromatic heterocycles. The Morgan fingerprint density at radius 1 is 1.32 bits per heavy atom. The molecule has 3 rings (SSSR count). The smallest absolute Gasteiger partial charge is 0.246 e. The van der Waals surface area contributed by atoms with Crippen molar-refractivity contribution in [3.63, 3.8) is 0 Å². The highest BCUT2D eigenvalue weighted by atomic mass is 35.5. The SMILES string of the molecule is Cc1nn(CC(=O)Nc2ccc(F)c(Cl)c2)c(C)c1S(=O)(=O)N1CCOCC1. The number of hydrogen-bond acceptors (Lipinski definition) is 5. The Morgan fingerprint density at radius 2 is 2.00 bits per heavy atom. The summed E-state index contributed by atoms with van der Waals surface area (Å²) in [5.41, 5.74) is 1.02. The standard InChI is InChI=1S/C17H20ClFN4O4S/c1-11-17(28(25,26)22-5-7-27-8-6-22)12(2)23(21-11)10-16(24)20-13-3-4-15(19)14(18)9-13/h3-4,9H,5-8,10H2,1-2H3,(H,20,24). The lowest BCUT2D eigenvalue weighted by Gasteiger charge is -2.26. The van der Waals surface area contributed by atoms with Crippen molar-refractivity contribution in [2.45, 2.75) is 25.3 Å². The van der Waals surface area contributed by atoms with E-state index in [1.165, 1.54) is 21.1 Å². The maximum atomic E-state index is 13.2. The predicted octanol–water partition coefficient (Wildman–Crippen LogP) is 1.95. The number of carbonyl (C=O) groups is 1. The first kappa shape index (κ1) is 20.7. The van der Waals surface area contributed by atoms with Gasteiger partial charge in [-0.05, 0) is 32.0 Å². The number of morpholine rings is 1. The topological polar surface area (TPSA) is 93.5 Å². The maximum absolute atomic E-state index is 13.2. The highest BCUT2D eigenvalue weighted by Crippen LogP contribution is 2.24. The lowest BCUT2D eigenvalue weighted by atomic mass is 10.3. The van der Waals surface area contributed by atoms with E-state index in [2.05, 4.69) is 10.4 Å². The first-order valence-corrected chi connectivity index (χ1v) is 10.4. The molecule has 28 heavy (non-hydrogen) atoms. The van der Waals surface area contributed by atoms with Crippen LogP contribution in [0.15, 0.2) is 23.1 Å². The van der Waals surface area contributed by atoms with Gasteiger partial charge >= 0.3 is 0 Å². The summed E-state index contributed by atoms with van der Waals surface area (Å²) in [5.74, 6) is -1.03. The minimum absolute atomic E-state index is 0.104. The number of rotatable bonds is 5. The largest absolute Gasteiger partial charge is 0.379 e. The van der Waals surface area contributed by atoms with Gasteiger partial charge in [-0.15, -0.1) is 0 Å². The van der Waals surface area contributed by atoms with Gasteiger partial charge in [-0.25, -0.2) is 12.8 Å². The minimum Gasteiger partial charge on any atom is -0.379 e. The van der Waals surface area contributed by atoms with E-state index in [0.29, 0.717) is 30.3 Å². The van der Waals surface area contributed by atoms with Crippen molar-refractivity contribution in [3.8, 4) is 0 Å². The van der Waals surface area contributed by atoms with Gasteiger partial charge in [0.15, 0.2) is 0 Å². The summed E-state index contributed by atoms with van der Waals surface area (Å²) < 4.78 is 47.0. The van der Waals surface area contributed by atoms with E-state index in [4.69, 9.17) is 16.3 Å². The van der Waals surface area contributed by atoms with Crippen LogP contribution in [0, 0.1) is 19.7 Å². The summed E-state index contributed by atoms with van der Waals surface area (Å²) in [6.07, 6.45) is 0. The molecule has 1 saturated heterocycles. The highest BCUT2D eigenvalue weighted by Gasteiger charge is 2.32. The van der Waals surface area contributed by atoms with Crippen molar-refractivity contribution in [1.29, 1.82) is 0 Å². The number of aromatic nitrogens is 2. The zero-order valence-electron chi connectivity index (χ0n) is 15.4. The van der Waals surface area contributed by atoms with Crippen molar-refractivity contribution >= 4 is 33.2 Å². The summed E-state index contributed by atoms with van der Waals surface area (Å²) in [6.45, 7) is 4.24. The number of ether oxygens (including phenoxy) is 1. The van der Waals surface area contributed by atoms with Gasteiger partial charge in [-0.1, -0.05) is 11.6 Å². The van der Waals surface area contributed by atoms with Gasteiger partial charge < -0.3 is 10.1 Å². The average molecular weight is 431 g/mol. The van der Waals surface area contributed by atoms with E-state index >= 15 is 0 Å². The molecule has 1 fully saturated rings. The number of sulfonamides is 1. The molecular formula is C17H20ClFN4O4S. The summed E-state index contributed by atoms with van der Waals surface area (Å²) in [7, 11) is -3.73. The average Bonchev–Trinajstić information content (AvgIpc) is 2.92. The first-order chi connectivity index (χ1) is 13.2. The summed E-state index contributed by atoms with van der Waals surface area (Å²) in [5, 5.41) is 6.70. The summed E-state index contributed by atoms with van der Waals surface area (Å²) in [6, 6.07) is 3.83. The van der Waals surface area contributed by atoms with Crippen molar-refractivity contribution in [1.82, 2.24) is 14.1 Å². The zero-order valence-corrected chi connectivity index (χ0v) is 17.0. The van der Waals surface area contributed by atoms with Crippen LogP contribution in [-0.4, -0.2) is 54.7 Å². The Balaban J connectivity index is 1.79. The second-order valence-corrected chi connectivity index (χ2v) is 8.63. The number of carbonyl (C=O) groups excluding carboxylic acids is 1. The second kappa shape index (κ2) is 8.16. The summed E-state index contributed by atoms with van der Waals surface area (Å²) in [4.78, 5) is 12.4. The van der Waals surface area contributed by atoms with Crippen LogP contribution < -0.4 is 5.32 Å². The van der Waals surface area contributed by atoms with Gasteiger partial charge in [-0.2, -0.15) is 9.40 Å². The summed E-state index contributed by atoms with van der Waals surface area (Å²) >= 11 is 5.71. The molecule has 1 amide bonds. The lowest BCUT2D eigenvalue weighted by Crippen LogP contribution is -2.41. The predicted molar refractivity (Wildman–Crippen MR) is 101 cm³/mol. The Labute approximate surface area is 167 Å². The third-order valence-corrected chi connectivity index (χ3v) is 6.82. The molecule has 0 radical (unpaired) electrons. The van der Waals surface area contributed by atoms with Gasteiger partial charge in [-0.3, -0.25) is 9.48 Å². The monoisotopic (exact) mass is 430 g/mol. The molecule has 0 aliphatic carbocycles. The normalized spacial score (nSPS) is 15.6. The van der Waals surface area contributed by atoms with E-state index in [9.17, 15) is 17.6 Å². The number of nitrogens with one attached hydrogen (secondary N) is 1. The molecule has 0 saturated carbocycles. The van der Waals surface area contributed by atoms with Crippen LogP contribution in [0.1, 0.15) is 11.4 Å². The molecule has 0 spiro atoms. The van der Waals surface area contributed by atoms with E-state index in [0.717, 1.165) is 6.07 Å². The molecule has 0 unspecified atom stereocenters. The molecule has 1 aromatic carbocycles. The van der Waals surface area contributed by atoms with Gasteiger partial charge in [0.1, 0.15) is 17.3 Å². The van der Waals surface area contributed by atoms with E-state index in [1.54, 1.807) is 13.8 Å². The first-order valence-electron chi connectivity index (χ1n) is 8.57. The van der Waals surface area contributed by atoms with Crippen LogP contribution in [0.3, 0.4) is 0 Å².